The maximum absolute atomic E-state index is 10.8. The maximum Gasteiger partial charge on any atom is 0.143 e. The van der Waals surface area contributed by atoms with E-state index < -0.39 is 0 Å². The highest BCUT2D eigenvalue weighted by Gasteiger charge is 2.17. The summed E-state index contributed by atoms with van der Waals surface area (Å²) in [7, 11) is 2.00. The van der Waals surface area contributed by atoms with Crippen molar-refractivity contribution in [3.63, 3.8) is 0 Å². The van der Waals surface area contributed by atoms with Gasteiger partial charge in [-0.2, -0.15) is 0 Å². The average Bonchev–Trinajstić information content (AvgIpc) is 2.05. The van der Waals surface area contributed by atoms with E-state index in [2.05, 4.69) is 10.2 Å². The van der Waals surface area contributed by atoms with Crippen LogP contribution in [0, 0.1) is 0 Å². The summed E-state index contributed by atoms with van der Waals surface area (Å²) in [5.74, 6) is 0.241. The van der Waals surface area contributed by atoms with Gasteiger partial charge in [0.15, 0.2) is 0 Å². The Kier molecular flexibility index (Phi) is 3.69. The smallest absolute Gasteiger partial charge is 0.143 e. The number of Topliss-reactive ketones (excluding diaryl/α,β-unsaturated/α-hetero) is 1. The molecular weight excluding hydrogens is 152 g/mol. The predicted octanol–water partition coefficient (Wildman–Crippen LogP) is 0.607. The lowest BCUT2D eigenvalue weighted by Gasteiger charge is -2.31. The van der Waals surface area contributed by atoms with Gasteiger partial charge < -0.3 is 5.32 Å². The first-order chi connectivity index (χ1) is 5.70. The second kappa shape index (κ2) is 4.58. The molecule has 3 nitrogen and oxygen atoms in total. The van der Waals surface area contributed by atoms with Crippen LogP contribution in [0.5, 0.6) is 0 Å². The highest BCUT2D eigenvalue weighted by atomic mass is 16.1. The molecule has 1 heterocycles. The number of ketones is 1. The van der Waals surface area contributed by atoms with E-state index in [1.807, 2.05) is 7.05 Å². The number of carbonyl (C=O) groups is 1. The lowest BCUT2D eigenvalue weighted by Crippen LogP contribution is -2.47. The minimum Gasteiger partial charge on any atom is -0.302 e. The molecule has 3 heteroatoms. The standard InChI is InChI=1S/C9H18N2O/c1-8(12)7-11(2)9-5-3-4-6-10-9/h9-10H,3-7H2,1-2H3. The number of carbonyl (C=O) groups excluding carboxylic acids is 1. The Labute approximate surface area is 74.1 Å². The Morgan fingerprint density at radius 1 is 1.58 bits per heavy atom. The summed E-state index contributed by atoms with van der Waals surface area (Å²) < 4.78 is 0. The van der Waals surface area contributed by atoms with Crippen LogP contribution in [0.25, 0.3) is 0 Å². The third-order valence-electron chi connectivity index (χ3n) is 2.29. The topological polar surface area (TPSA) is 32.3 Å². The van der Waals surface area contributed by atoms with Crippen LogP contribution in [0.3, 0.4) is 0 Å². The van der Waals surface area contributed by atoms with Crippen molar-refractivity contribution in [1.82, 2.24) is 10.2 Å². The number of nitrogens with one attached hydrogen (secondary N) is 1. The van der Waals surface area contributed by atoms with Gasteiger partial charge in [-0.05, 0) is 39.8 Å². The lowest BCUT2D eigenvalue weighted by molar-refractivity contribution is -0.118. The fourth-order valence-corrected chi connectivity index (χ4v) is 1.67. The number of nitrogens with zero attached hydrogens (tertiary/aromatic N) is 1. The molecule has 1 aliphatic rings. The van der Waals surface area contributed by atoms with E-state index in [4.69, 9.17) is 0 Å². The van der Waals surface area contributed by atoms with Gasteiger partial charge in [0.25, 0.3) is 0 Å². The van der Waals surface area contributed by atoms with Gasteiger partial charge in [-0.3, -0.25) is 9.69 Å². The lowest BCUT2D eigenvalue weighted by atomic mass is 10.1. The molecule has 0 bridgehead atoms. The van der Waals surface area contributed by atoms with Crippen molar-refractivity contribution in [2.75, 3.05) is 20.1 Å². The minimum atomic E-state index is 0.241. The highest BCUT2D eigenvalue weighted by Crippen LogP contribution is 2.09. The zero-order valence-electron chi connectivity index (χ0n) is 7.97. The van der Waals surface area contributed by atoms with Gasteiger partial charge in [0.05, 0.1) is 12.7 Å². The van der Waals surface area contributed by atoms with Crippen LogP contribution in [0.15, 0.2) is 0 Å². The molecule has 0 saturated carbocycles. The van der Waals surface area contributed by atoms with E-state index in [0.717, 1.165) is 6.54 Å². The summed E-state index contributed by atoms with van der Waals surface area (Å²) in [4.78, 5) is 12.9. The Bertz CT molecular complexity index is 153. The summed E-state index contributed by atoms with van der Waals surface area (Å²) >= 11 is 0. The van der Waals surface area contributed by atoms with Gasteiger partial charge in [-0.15, -0.1) is 0 Å². The molecule has 0 spiro atoms. The molecule has 1 unspecified atom stereocenters. The van der Waals surface area contributed by atoms with Crippen molar-refractivity contribution in [2.45, 2.75) is 32.4 Å². The number of likely N-dealkylation sites (N-methyl/N-ethyl adjacent to an activating group) is 1. The first-order valence-electron chi connectivity index (χ1n) is 4.63. The molecule has 0 aromatic rings. The second-order valence-corrected chi connectivity index (χ2v) is 3.58. The molecule has 70 valence electrons. The van der Waals surface area contributed by atoms with Gasteiger partial charge >= 0.3 is 0 Å². The fraction of sp³-hybridized carbons (Fsp3) is 0.889. The van der Waals surface area contributed by atoms with Crippen molar-refractivity contribution in [2.24, 2.45) is 0 Å². The van der Waals surface area contributed by atoms with E-state index in [0.29, 0.717) is 12.7 Å². The summed E-state index contributed by atoms with van der Waals surface area (Å²) in [5.41, 5.74) is 0. The van der Waals surface area contributed by atoms with Crippen molar-refractivity contribution in [3.05, 3.63) is 0 Å². The second-order valence-electron chi connectivity index (χ2n) is 3.58. The molecular formula is C9H18N2O. The van der Waals surface area contributed by atoms with E-state index >= 15 is 0 Å². The normalized spacial score (nSPS) is 24.4. The summed E-state index contributed by atoms with van der Waals surface area (Å²) in [6.45, 7) is 3.30. The van der Waals surface area contributed by atoms with Gasteiger partial charge in [0, 0.05) is 0 Å². The van der Waals surface area contributed by atoms with Crippen molar-refractivity contribution >= 4 is 5.78 Å². The zero-order valence-corrected chi connectivity index (χ0v) is 7.97. The van der Waals surface area contributed by atoms with Crippen LogP contribution in [0.2, 0.25) is 0 Å². The van der Waals surface area contributed by atoms with E-state index in [1.165, 1.54) is 19.3 Å². The first-order valence-corrected chi connectivity index (χ1v) is 4.63. The number of hydrogen-bond donors (Lipinski definition) is 1. The quantitative estimate of drug-likeness (QED) is 0.673. The van der Waals surface area contributed by atoms with Crippen LogP contribution >= 0.6 is 0 Å². The minimum absolute atomic E-state index is 0.241. The third kappa shape index (κ3) is 2.91. The number of rotatable bonds is 3. The average molecular weight is 170 g/mol. The SMILES string of the molecule is CC(=O)CN(C)C1CCCCN1. The molecule has 1 N–H and O–H groups in total. The Morgan fingerprint density at radius 3 is 2.83 bits per heavy atom. The van der Waals surface area contributed by atoms with E-state index in [-0.39, 0.29) is 5.78 Å². The molecule has 1 fully saturated rings. The largest absolute Gasteiger partial charge is 0.302 e. The first kappa shape index (κ1) is 9.68. The van der Waals surface area contributed by atoms with Crippen molar-refractivity contribution < 1.29 is 4.79 Å². The molecule has 1 atom stereocenters. The van der Waals surface area contributed by atoms with Crippen LogP contribution in [0.1, 0.15) is 26.2 Å². The Morgan fingerprint density at radius 2 is 2.33 bits per heavy atom. The molecule has 0 aromatic heterocycles. The summed E-state index contributed by atoms with van der Waals surface area (Å²) in [5, 5.41) is 3.40. The molecule has 0 radical (unpaired) electrons. The van der Waals surface area contributed by atoms with Gasteiger partial charge in [0.1, 0.15) is 5.78 Å². The molecule has 12 heavy (non-hydrogen) atoms. The van der Waals surface area contributed by atoms with Crippen LogP contribution < -0.4 is 5.32 Å². The molecule has 0 aromatic carbocycles. The summed E-state index contributed by atoms with van der Waals surface area (Å²) in [6, 6.07) is 0. The molecule has 1 aliphatic heterocycles. The van der Waals surface area contributed by atoms with E-state index in [9.17, 15) is 4.79 Å². The van der Waals surface area contributed by atoms with Crippen molar-refractivity contribution in [3.8, 4) is 0 Å². The molecule has 0 amide bonds. The maximum atomic E-state index is 10.8. The van der Waals surface area contributed by atoms with Gasteiger partial charge in [-0.25, -0.2) is 0 Å². The fourth-order valence-electron chi connectivity index (χ4n) is 1.67. The third-order valence-corrected chi connectivity index (χ3v) is 2.29. The molecule has 1 saturated heterocycles. The Balaban J connectivity index is 2.29. The van der Waals surface area contributed by atoms with Crippen molar-refractivity contribution in [1.29, 1.82) is 0 Å². The number of hydrogen-bond acceptors (Lipinski definition) is 3. The van der Waals surface area contributed by atoms with Crippen LogP contribution in [-0.2, 0) is 4.79 Å². The number of piperidine rings is 1. The molecule has 1 rings (SSSR count). The molecule has 0 aliphatic carbocycles. The summed E-state index contributed by atoms with van der Waals surface area (Å²) in [6.07, 6.45) is 4.14. The van der Waals surface area contributed by atoms with E-state index in [1.54, 1.807) is 6.92 Å². The van der Waals surface area contributed by atoms with Crippen LogP contribution in [-0.4, -0.2) is 37.0 Å². The van der Waals surface area contributed by atoms with Gasteiger partial charge in [-0.1, -0.05) is 0 Å². The van der Waals surface area contributed by atoms with Crippen LogP contribution in [0.4, 0.5) is 0 Å². The van der Waals surface area contributed by atoms with Gasteiger partial charge in [0.2, 0.25) is 0 Å². The monoisotopic (exact) mass is 170 g/mol. The highest BCUT2D eigenvalue weighted by molar-refractivity contribution is 5.77. The Hall–Kier alpha value is -0.410. The zero-order chi connectivity index (χ0) is 8.97. The predicted molar refractivity (Wildman–Crippen MR) is 49.0 cm³/mol.